The van der Waals surface area contributed by atoms with Crippen molar-refractivity contribution in [3.05, 3.63) is 28.8 Å². The van der Waals surface area contributed by atoms with Gasteiger partial charge in [-0.2, -0.15) is 11.8 Å². The summed E-state index contributed by atoms with van der Waals surface area (Å²) in [4.78, 5) is 12.0. The zero-order chi connectivity index (χ0) is 18.0. The molecule has 0 aromatic heterocycles. The number of nitrogens with one attached hydrogen (secondary N) is 1. The van der Waals surface area contributed by atoms with Gasteiger partial charge in [-0.3, -0.25) is 4.79 Å². The number of hydrogen-bond acceptors (Lipinski definition) is 3. The molecule has 0 fully saturated rings. The summed E-state index contributed by atoms with van der Waals surface area (Å²) in [5, 5.41) is 13.4. The number of aromatic hydroxyl groups is 1. The van der Waals surface area contributed by atoms with E-state index in [1.165, 1.54) is 0 Å². The van der Waals surface area contributed by atoms with Crippen molar-refractivity contribution in [1.29, 1.82) is 0 Å². The molecular formula is C19H31NO2S. The number of carbonyl (C=O) groups is 1. The van der Waals surface area contributed by atoms with E-state index in [1.54, 1.807) is 18.8 Å². The quantitative estimate of drug-likeness (QED) is 0.873. The molecule has 1 amide bonds. The smallest absolute Gasteiger partial charge is 0.233 e. The molecule has 1 unspecified atom stereocenters. The SMILES string of the molecule is CNC(=O)C(Cc1cc(C(C)(C)C)c(O)c(C(C)(C)C)c1)SC. The Morgan fingerprint density at radius 3 is 1.87 bits per heavy atom. The molecule has 0 aliphatic heterocycles. The molecular weight excluding hydrogens is 306 g/mol. The Kier molecular flexibility index (Phi) is 6.19. The molecule has 2 N–H and O–H groups in total. The van der Waals surface area contributed by atoms with E-state index in [9.17, 15) is 9.90 Å². The van der Waals surface area contributed by atoms with Crippen LogP contribution in [0.15, 0.2) is 12.1 Å². The van der Waals surface area contributed by atoms with Crippen LogP contribution in [-0.2, 0) is 22.0 Å². The number of carbonyl (C=O) groups excluding carboxylic acids is 1. The minimum absolute atomic E-state index is 0.0418. The molecule has 1 aromatic carbocycles. The number of hydrogen-bond donors (Lipinski definition) is 2. The van der Waals surface area contributed by atoms with E-state index >= 15 is 0 Å². The van der Waals surface area contributed by atoms with E-state index < -0.39 is 0 Å². The highest BCUT2D eigenvalue weighted by molar-refractivity contribution is 7.99. The fourth-order valence-corrected chi connectivity index (χ4v) is 3.30. The molecule has 1 aromatic rings. The second-order valence-electron chi connectivity index (χ2n) is 8.08. The molecule has 0 aliphatic rings. The first kappa shape index (κ1) is 19.9. The van der Waals surface area contributed by atoms with Gasteiger partial charge in [-0.25, -0.2) is 0 Å². The first-order chi connectivity index (χ1) is 10.4. The third-order valence-corrected chi connectivity index (χ3v) is 4.98. The molecule has 130 valence electrons. The maximum Gasteiger partial charge on any atom is 0.233 e. The van der Waals surface area contributed by atoms with Crippen molar-refractivity contribution in [1.82, 2.24) is 5.32 Å². The lowest BCUT2D eigenvalue weighted by Gasteiger charge is -2.28. The molecule has 4 heteroatoms. The van der Waals surface area contributed by atoms with E-state index in [-0.39, 0.29) is 22.0 Å². The molecule has 0 bridgehead atoms. The Balaban J connectivity index is 3.41. The van der Waals surface area contributed by atoms with Gasteiger partial charge in [0.2, 0.25) is 5.91 Å². The lowest BCUT2D eigenvalue weighted by atomic mass is 9.78. The standard InChI is InChI=1S/C19H31NO2S/c1-18(2,3)13-9-12(11-15(23-8)17(22)20-7)10-14(16(13)21)19(4,5)6/h9-10,15,21H,11H2,1-8H3,(H,20,22). The Labute approximate surface area is 145 Å². The lowest BCUT2D eigenvalue weighted by molar-refractivity contribution is -0.120. The van der Waals surface area contributed by atoms with Gasteiger partial charge in [0.1, 0.15) is 5.75 Å². The lowest BCUT2D eigenvalue weighted by Crippen LogP contribution is -2.31. The fourth-order valence-electron chi connectivity index (χ4n) is 2.61. The molecule has 23 heavy (non-hydrogen) atoms. The number of rotatable bonds is 4. The van der Waals surface area contributed by atoms with Crippen LogP contribution in [0.1, 0.15) is 58.2 Å². The summed E-state index contributed by atoms with van der Waals surface area (Å²) < 4.78 is 0. The molecule has 0 saturated heterocycles. The van der Waals surface area contributed by atoms with E-state index in [0.717, 1.165) is 16.7 Å². The highest BCUT2D eigenvalue weighted by Gasteiger charge is 2.27. The normalized spacial score (nSPS) is 13.7. The molecule has 0 spiro atoms. The maximum absolute atomic E-state index is 12.0. The highest BCUT2D eigenvalue weighted by Crippen LogP contribution is 2.40. The number of phenols is 1. The van der Waals surface area contributed by atoms with Crippen molar-refractivity contribution in [3.8, 4) is 5.75 Å². The van der Waals surface area contributed by atoms with Crippen LogP contribution >= 0.6 is 11.8 Å². The predicted octanol–water partition coefficient (Wildman–Crippen LogP) is 4.01. The number of thioether (sulfide) groups is 1. The summed E-state index contributed by atoms with van der Waals surface area (Å²) in [6.07, 6.45) is 2.61. The Morgan fingerprint density at radius 2 is 1.57 bits per heavy atom. The Bertz CT molecular complexity index is 533. The topological polar surface area (TPSA) is 49.3 Å². The minimum atomic E-state index is -0.151. The maximum atomic E-state index is 12.0. The van der Waals surface area contributed by atoms with Crippen molar-refractivity contribution in [2.75, 3.05) is 13.3 Å². The summed E-state index contributed by atoms with van der Waals surface area (Å²) in [6.45, 7) is 12.6. The number of amides is 1. The predicted molar refractivity (Wildman–Crippen MR) is 101 cm³/mol. The zero-order valence-electron chi connectivity index (χ0n) is 15.7. The largest absolute Gasteiger partial charge is 0.507 e. The third kappa shape index (κ3) is 4.90. The van der Waals surface area contributed by atoms with Crippen LogP contribution in [0.5, 0.6) is 5.75 Å². The van der Waals surface area contributed by atoms with Crippen LogP contribution in [0.3, 0.4) is 0 Å². The number of benzene rings is 1. The van der Waals surface area contributed by atoms with E-state index in [0.29, 0.717) is 12.2 Å². The highest BCUT2D eigenvalue weighted by atomic mass is 32.2. The summed E-state index contributed by atoms with van der Waals surface area (Å²) in [7, 11) is 1.67. The van der Waals surface area contributed by atoms with Crippen molar-refractivity contribution in [3.63, 3.8) is 0 Å². The monoisotopic (exact) mass is 337 g/mol. The zero-order valence-corrected chi connectivity index (χ0v) is 16.5. The van der Waals surface area contributed by atoms with Gasteiger partial charge in [0.15, 0.2) is 0 Å². The van der Waals surface area contributed by atoms with Gasteiger partial charge in [0.05, 0.1) is 5.25 Å². The molecule has 3 nitrogen and oxygen atoms in total. The number of phenolic OH excluding ortho intramolecular Hbond substituents is 1. The Hall–Kier alpha value is -1.16. The van der Waals surface area contributed by atoms with E-state index in [2.05, 4.69) is 59.0 Å². The average molecular weight is 338 g/mol. The fraction of sp³-hybridized carbons (Fsp3) is 0.632. The average Bonchev–Trinajstić information content (AvgIpc) is 2.42. The van der Waals surface area contributed by atoms with Crippen LogP contribution in [-0.4, -0.2) is 29.6 Å². The summed E-state index contributed by atoms with van der Waals surface area (Å²) >= 11 is 1.55. The van der Waals surface area contributed by atoms with Crippen LogP contribution in [0.2, 0.25) is 0 Å². The second-order valence-corrected chi connectivity index (χ2v) is 9.12. The van der Waals surface area contributed by atoms with Gasteiger partial charge in [0.25, 0.3) is 0 Å². The van der Waals surface area contributed by atoms with Gasteiger partial charge < -0.3 is 10.4 Å². The van der Waals surface area contributed by atoms with Gasteiger partial charge in [0, 0.05) is 7.05 Å². The molecule has 1 atom stereocenters. The summed E-state index contributed by atoms with van der Waals surface area (Å²) in [6, 6.07) is 4.10. The first-order valence-electron chi connectivity index (χ1n) is 8.03. The summed E-state index contributed by atoms with van der Waals surface area (Å²) in [5.41, 5.74) is 2.68. The Morgan fingerprint density at radius 1 is 1.13 bits per heavy atom. The second kappa shape index (κ2) is 7.16. The van der Waals surface area contributed by atoms with Gasteiger partial charge in [-0.15, -0.1) is 0 Å². The van der Waals surface area contributed by atoms with E-state index in [1.807, 2.05) is 6.26 Å². The minimum Gasteiger partial charge on any atom is -0.507 e. The van der Waals surface area contributed by atoms with Crippen LogP contribution < -0.4 is 5.32 Å². The van der Waals surface area contributed by atoms with Crippen molar-refractivity contribution in [2.24, 2.45) is 0 Å². The molecule has 0 aliphatic carbocycles. The van der Waals surface area contributed by atoms with Gasteiger partial charge in [-0.05, 0) is 40.2 Å². The van der Waals surface area contributed by atoms with Crippen molar-refractivity contribution >= 4 is 17.7 Å². The van der Waals surface area contributed by atoms with Gasteiger partial charge in [-0.1, -0.05) is 53.7 Å². The molecule has 1 rings (SSSR count). The first-order valence-corrected chi connectivity index (χ1v) is 9.31. The molecule has 0 heterocycles. The third-order valence-electron chi connectivity index (χ3n) is 4.03. The van der Waals surface area contributed by atoms with Crippen LogP contribution in [0.4, 0.5) is 0 Å². The molecule has 0 saturated carbocycles. The van der Waals surface area contributed by atoms with E-state index in [4.69, 9.17) is 0 Å². The van der Waals surface area contributed by atoms with Crippen molar-refractivity contribution in [2.45, 2.75) is 64.0 Å². The summed E-state index contributed by atoms with van der Waals surface area (Å²) in [5.74, 6) is 0.426. The van der Waals surface area contributed by atoms with Crippen LogP contribution in [0, 0.1) is 0 Å². The van der Waals surface area contributed by atoms with Gasteiger partial charge >= 0.3 is 0 Å². The molecule has 0 radical (unpaired) electrons. The van der Waals surface area contributed by atoms with Crippen molar-refractivity contribution < 1.29 is 9.90 Å². The van der Waals surface area contributed by atoms with Crippen LogP contribution in [0.25, 0.3) is 0 Å².